The zero-order valence-corrected chi connectivity index (χ0v) is 27.4. The van der Waals surface area contributed by atoms with Gasteiger partial charge in [-0.3, -0.25) is 4.39 Å². The fourth-order valence-electron chi connectivity index (χ4n) is 7.52. The number of piperazine rings is 1. The zero-order chi connectivity index (χ0) is 33.0. The van der Waals surface area contributed by atoms with Crippen LogP contribution in [0.4, 0.5) is 24.0 Å². The average Bonchev–Trinajstić information content (AvgIpc) is 3.61. The van der Waals surface area contributed by atoms with E-state index in [1.165, 1.54) is 19.2 Å². The normalized spacial score (nSPS) is 24.6. The van der Waals surface area contributed by atoms with E-state index >= 15 is 4.39 Å². The van der Waals surface area contributed by atoms with Gasteiger partial charge < -0.3 is 30.3 Å². The van der Waals surface area contributed by atoms with E-state index in [-0.39, 0.29) is 79.3 Å². The molecule has 0 radical (unpaired) electrons. The molecule has 3 aromatic heterocycles. The maximum Gasteiger partial charge on any atom is 0.319 e. The van der Waals surface area contributed by atoms with Crippen molar-refractivity contribution in [3.05, 3.63) is 29.3 Å². The van der Waals surface area contributed by atoms with Crippen LogP contribution in [0.25, 0.3) is 32.2 Å². The second kappa shape index (κ2) is 12.3. The molecule has 3 aliphatic heterocycles. The van der Waals surface area contributed by atoms with E-state index in [2.05, 4.69) is 32.0 Å². The first kappa shape index (κ1) is 31.7. The molecular formula is C33H37F3N8O2S. The molecule has 248 valence electrons. The highest BCUT2D eigenvalue weighted by atomic mass is 32.1. The van der Waals surface area contributed by atoms with E-state index in [1.807, 2.05) is 13.0 Å². The van der Waals surface area contributed by atoms with Crippen molar-refractivity contribution in [2.45, 2.75) is 45.2 Å². The third-order valence-corrected chi connectivity index (χ3v) is 11.2. The number of piperidine rings is 1. The van der Waals surface area contributed by atoms with Gasteiger partial charge in [-0.05, 0) is 50.4 Å². The Morgan fingerprint density at radius 3 is 2.60 bits per heavy atom. The number of nitrogens with two attached hydrogens (primary N) is 1. The SMILES string of the molecule is CCN1CC[C@H](CF)[C@](C)(COc2nc(N3C[C@H]4CC[C@@H](C3)N4)c3c(OC)nc(-c4ccc(F)c5sc(N)c(C#N)c45)c(F)c3n2)C1. The summed E-state index contributed by atoms with van der Waals surface area (Å²) in [6, 6.07) is 5.08. The number of pyridine rings is 1. The number of ether oxygens (including phenoxy) is 2. The number of methoxy groups -OCH3 is 1. The fourth-order valence-corrected chi connectivity index (χ4v) is 8.47. The minimum absolute atomic E-state index is 0.0364. The second-order valence-electron chi connectivity index (χ2n) is 13.1. The second-order valence-corrected chi connectivity index (χ2v) is 14.1. The summed E-state index contributed by atoms with van der Waals surface area (Å²) in [5, 5.41) is 14.1. The van der Waals surface area contributed by atoms with Crippen LogP contribution in [0.2, 0.25) is 0 Å². The van der Waals surface area contributed by atoms with Crippen LogP contribution >= 0.6 is 11.3 Å². The molecule has 3 saturated heterocycles. The van der Waals surface area contributed by atoms with Gasteiger partial charge in [-0.1, -0.05) is 13.8 Å². The van der Waals surface area contributed by atoms with Gasteiger partial charge in [0, 0.05) is 48.1 Å². The highest BCUT2D eigenvalue weighted by molar-refractivity contribution is 7.23. The lowest BCUT2D eigenvalue weighted by Crippen LogP contribution is -2.51. The van der Waals surface area contributed by atoms with Crippen molar-refractivity contribution in [2.24, 2.45) is 11.3 Å². The van der Waals surface area contributed by atoms with Gasteiger partial charge in [0.25, 0.3) is 0 Å². The van der Waals surface area contributed by atoms with E-state index in [9.17, 15) is 14.0 Å². The van der Waals surface area contributed by atoms with Gasteiger partial charge in [0.15, 0.2) is 5.82 Å². The van der Waals surface area contributed by atoms with Crippen LogP contribution in [0, 0.1) is 34.3 Å². The minimum atomic E-state index is -0.795. The van der Waals surface area contributed by atoms with Crippen molar-refractivity contribution in [1.82, 2.24) is 25.2 Å². The number of hydrogen-bond acceptors (Lipinski definition) is 11. The topological polar surface area (TPSA) is 125 Å². The minimum Gasteiger partial charge on any atom is -0.480 e. The number of benzene rings is 1. The van der Waals surface area contributed by atoms with Gasteiger partial charge in [0.1, 0.15) is 39.3 Å². The summed E-state index contributed by atoms with van der Waals surface area (Å²) in [6.07, 6.45) is 2.75. The molecule has 0 unspecified atom stereocenters. The maximum absolute atomic E-state index is 17.0. The third-order valence-electron chi connectivity index (χ3n) is 10.1. The van der Waals surface area contributed by atoms with Crippen LogP contribution in [0.1, 0.15) is 38.7 Å². The Kier molecular flexibility index (Phi) is 8.26. The summed E-state index contributed by atoms with van der Waals surface area (Å²) in [5.74, 6) is -1.05. The molecule has 2 bridgehead atoms. The smallest absolute Gasteiger partial charge is 0.319 e. The van der Waals surface area contributed by atoms with Crippen molar-refractivity contribution in [3.63, 3.8) is 0 Å². The number of hydrogen-bond donors (Lipinski definition) is 2. The Morgan fingerprint density at radius 1 is 1.15 bits per heavy atom. The lowest BCUT2D eigenvalue weighted by Gasteiger charge is -2.44. The molecular weight excluding hydrogens is 629 g/mol. The van der Waals surface area contributed by atoms with Gasteiger partial charge in [-0.2, -0.15) is 15.2 Å². The molecule has 0 aliphatic carbocycles. The summed E-state index contributed by atoms with van der Waals surface area (Å²) < 4.78 is 58.3. The predicted octanol–water partition coefficient (Wildman–Crippen LogP) is 5.28. The maximum atomic E-state index is 17.0. The van der Waals surface area contributed by atoms with Crippen LogP contribution in [-0.2, 0) is 0 Å². The van der Waals surface area contributed by atoms with Gasteiger partial charge >= 0.3 is 6.01 Å². The van der Waals surface area contributed by atoms with Crippen molar-refractivity contribution in [1.29, 1.82) is 5.26 Å². The summed E-state index contributed by atoms with van der Waals surface area (Å²) >= 11 is 0.922. The van der Waals surface area contributed by atoms with Crippen molar-refractivity contribution in [3.8, 4) is 29.2 Å². The molecule has 4 atom stereocenters. The highest BCUT2D eigenvalue weighted by Gasteiger charge is 2.41. The molecule has 7 rings (SSSR count). The number of rotatable bonds is 8. The van der Waals surface area contributed by atoms with Gasteiger partial charge in [0.05, 0.1) is 30.7 Å². The molecule has 14 heteroatoms. The Bertz CT molecular complexity index is 1890. The largest absolute Gasteiger partial charge is 0.480 e. The van der Waals surface area contributed by atoms with E-state index in [4.69, 9.17) is 20.2 Å². The highest BCUT2D eigenvalue weighted by Crippen LogP contribution is 2.45. The molecule has 0 spiro atoms. The predicted molar refractivity (Wildman–Crippen MR) is 176 cm³/mol. The standard InChI is InChI=1S/C33H37F3N8O2S/c1-4-43-10-9-17(11-34)33(2,15-43)16-46-32-41-27-24(30(42-32)44-13-18-5-6-19(14-44)39-18)31(45-3)40-26(25(27)36)20-7-8-22(35)28-23(20)21(12-37)29(38)47-28/h7-8,17-19,39H,4-6,9-11,13-16,38H2,1-3H3/t17-,18-,19+,33+/m1/s1. The van der Waals surface area contributed by atoms with Gasteiger partial charge in [-0.25, -0.2) is 13.8 Å². The van der Waals surface area contributed by atoms with E-state index in [1.54, 1.807) is 0 Å². The first-order valence-electron chi connectivity index (χ1n) is 16.0. The molecule has 0 amide bonds. The number of aromatic nitrogens is 3. The first-order chi connectivity index (χ1) is 22.7. The van der Waals surface area contributed by atoms with Crippen LogP contribution in [-0.4, -0.2) is 85.1 Å². The van der Waals surface area contributed by atoms with Crippen LogP contribution < -0.4 is 25.4 Å². The molecule has 3 aliphatic rings. The third kappa shape index (κ3) is 5.38. The number of likely N-dealkylation sites (tertiary alicyclic amines) is 1. The zero-order valence-electron chi connectivity index (χ0n) is 26.6. The van der Waals surface area contributed by atoms with E-state index < -0.39 is 23.7 Å². The van der Waals surface area contributed by atoms with E-state index in [0.717, 1.165) is 37.3 Å². The quantitative estimate of drug-likeness (QED) is 0.257. The Labute approximate surface area is 274 Å². The monoisotopic (exact) mass is 666 g/mol. The van der Waals surface area contributed by atoms with Crippen molar-refractivity contribution >= 4 is 43.1 Å². The molecule has 3 fully saturated rings. The number of nitrogen functional groups attached to an aromatic ring is 1. The number of anilines is 2. The molecule has 47 heavy (non-hydrogen) atoms. The van der Waals surface area contributed by atoms with Crippen LogP contribution in [0.5, 0.6) is 11.9 Å². The van der Waals surface area contributed by atoms with Crippen molar-refractivity contribution in [2.75, 3.05) is 63.7 Å². The lowest BCUT2D eigenvalue weighted by atomic mass is 9.73. The van der Waals surface area contributed by atoms with Gasteiger partial charge in [0.2, 0.25) is 5.88 Å². The summed E-state index contributed by atoms with van der Waals surface area (Å²) in [7, 11) is 1.43. The number of fused-ring (bicyclic) bond motifs is 4. The summed E-state index contributed by atoms with van der Waals surface area (Å²) in [4.78, 5) is 18.4. The molecule has 6 heterocycles. The van der Waals surface area contributed by atoms with Crippen LogP contribution in [0.15, 0.2) is 12.1 Å². The average molecular weight is 667 g/mol. The number of thiophene rings is 1. The van der Waals surface area contributed by atoms with E-state index in [0.29, 0.717) is 31.9 Å². The number of nitrogens with one attached hydrogen (secondary N) is 1. The molecule has 0 saturated carbocycles. The Morgan fingerprint density at radius 2 is 1.91 bits per heavy atom. The number of halogens is 3. The molecule has 4 aromatic rings. The lowest BCUT2D eigenvalue weighted by molar-refractivity contribution is -0.00718. The van der Waals surface area contributed by atoms with Gasteiger partial charge in [-0.15, -0.1) is 11.3 Å². The summed E-state index contributed by atoms with van der Waals surface area (Å²) in [6.45, 7) is 7.37. The Balaban J connectivity index is 1.40. The van der Waals surface area contributed by atoms with Crippen LogP contribution in [0.3, 0.4) is 0 Å². The fraction of sp³-hybridized carbons (Fsp3) is 0.515. The Hall–Kier alpha value is -3.93. The number of alkyl halides is 1. The molecule has 3 N–H and O–H groups in total. The summed E-state index contributed by atoms with van der Waals surface area (Å²) in [5.41, 5.74) is 5.55. The van der Waals surface area contributed by atoms with Crippen molar-refractivity contribution < 1.29 is 22.6 Å². The molecule has 1 aromatic carbocycles. The first-order valence-corrected chi connectivity index (χ1v) is 16.8. The molecule has 10 nitrogen and oxygen atoms in total. The number of nitrogens with zero attached hydrogens (tertiary/aromatic N) is 6. The number of nitriles is 1.